The number of nitro groups is 2. The van der Waals surface area contributed by atoms with E-state index < -0.39 is 21.7 Å². The zero-order valence-corrected chi connectivity index (χ0v) is 22.1. The van der Waals surface area contributed by atoms with Gasteiger partial charge in [0, 0.05) is 48.0 Å². The van der Waals surface area contributed by atoms with Crippen LogP contribution in [0.25, 0.3) is 22.5 Å². The van der Waals surface area contributed by atoms with E-state index in [-0.39, 0.29) is 53.0 Å². The molecular formula is C27H24N8O7. The summed E-state index contributed by atoms with van der Waals surface area (Å²) in [4.78, 5) is 58.9. The van der Waals surface area contributed by atoms with Gasteiger partial charge >= 0.3 is 5.97 Å². The van der Waals surface area contributed by atoms with Crippen molar-refractivity contribution in [2.75, 3.05) is 30.3 Å². The molecule has 42 heavy (non-hydrogen) atoms. The van der Waals surface area contributed by atoms with Crippen LogP contribution in [0.15, 0.2) is 66.9 Å². The van der Waals surface area contributed by atoms with Crippen molar-refractivity contribution in [3.63, 3.8) is 0 Å². The Kier molecular flexibility index (Phi) is 8.91. The van der Waals surface area contributed by atoms with Crippen LogP contribution in [0.3, 0.4) is 0 Å². The summed E-state index contributed by atoms with van der Waals surface area (Å²) >= 11 is 0. The van der Waals surface area contributed by atoms with Crippen molar-refractivity contribution < 1.29 is 24.2 Å². The predicted molar refractivity (Wildman–Crippen MR) is 152 cm³/mol. The first-order chi connectivity index (χ1) is 20.2. The molecule has 0 saturated heterocycles. The van der Waals surface area contributed by atoms with Crippen LogP contribution in [-0.4, -0.2) is 56.4 Å². The van der Waals surface area contributed by atoms with Gasteiger partial charge in [-0.15, -0.1) is 0 Å². The first-order valence-electron chi connectivity index (χ1n) is 12.5. The third kappa shape index (κ3) is 6.77. The highest BCUT2D eigenvalue weighted by Gasteiger charge is 2.25. The van der Waals surface area contributed by atoms with E-state index in [2.05, 4.69) is 25.6 Å². The van der Waals surface area contributed by atoms with Crippen molar-refractivity contribution in [2.24, 2.45) is 5.73 Å². The molecule has 2 heterocycles. The van der Waals surface area contributed by atoms with Crippen LogP contribution in [0.2, 0.25) is 0 Å². The van der Waals surface area contributed by atoms with Crippen LogP contribution < -0.4 is 16.4 Å². The number of rotatable bonds is 12. The molecule has 0 radical (unpaired) electrons. The van der Waals surface area contributed by atoms with Gasteiger partial charge in [-0.25, -0.2) is 19.7 Å². The molecular weight excluding hydrogens is 548 g/mol. The average molecular weight is 573 g/mol. The van der Waals surface area contributed by atoms with Crippen molar-refractivity contribution in [2.45, 2.75) is 6.92 Å². The number of carbonyl (C=O) groups excluding carboxylic acids is 2. The van der Waals surface area contributed by atoms with Gasteiger partial charge in [-0.3, -0.25) is 25.0 Å². The van der Waals surface area contributed by atoms with Crippen molar-refractivity contribution in [1.82, 2.24) is 15.0 Å². The lowest BCUT2D eigenvalue weighted by molar-refractivity contribution is -0.385. The summed E-state index contributed by atoms with van der Waals surface area (Å²) in [5.41, 5.74) is 6.60. The molecule has 4 rings (SSSR count). The summed E-state index contributed by atoms with van der Waals surface area (Å²) in [5.74, 6) is -0.789. The number of primary amides is 1. The van der Waals surface area contributed by atoms with E-state index in [0.29, 0.717) is 23.5 Å². The second-order valence-electron chi connectivity index (χ2n) is 8.60. The average Bonchev–Trinajstić information content (AvgIpc) is 2.99. The second kappa shape index (κ2) is 12.9. The highest BCUT2D eigenvalue weighted by molar-refractivity contribution is 6.03. The van der Waals surface area contributed by atoms with Gasteiger partial charge in [0.2, 0.25) is 11.9 Å². The Labute approximate surface area is 238 Å². The monoisotopic (exact) mass is 572 g/mol. The van der Waals surface area contributed by atoms with Crippen LogP contribution in [0.4, 0.5) is 23.1 Å². The van der Waals surface area contributed by atoms with Crippen molar-refractivity contribution in [1.29, 1.82) is 0 Å². The highest BCUT2D eigenvalue weighted by Crippen LogP contribution is 2.33. The summed E-state index contributed by atoms with van der Waals surface area (Å²) in [6.45, 7) is 2.32. The van der Waals surface area contributed by atoms with Gasteiger partial charge in [0.15, 0.2) is 0 Å². The normalized spacial score (nSPS) is 10.5. The number of anilines is 2. The fourth-order valence-corrected chi connectivity index (χ4v) is 3.85. The number of nitrogens with two attached hydrogens (primary N) is 1. The van der Waals surface area contributed by atoms with Crippen LogP contribution in [0.1, 0.15) is 27.6 Å². The molecule has 15 heteroatoms. The number of hydrogen-bond donors (Lipinski definition) is 3. The fraction of sp³-hybridized carbons (Fsp3) is 0.148. The van der Waals surface area contributed by atoms with Crippen LogP contribution in [0, 0.1) is 20.2 Å². The lowest BCUT2D eigenvalue weighted by Crippen LogP contribution is -2.18. The first kappa shape index (κ1) is 29.0. The number of ether oxygens (including phenoxy) is 1. The van der Waals surface area contributed by atoms with Crippen LogP contribution >= 0.6 is 0 Å². The Hall–Kier alpha value is -5.99. The second-order valence-corrected chi connectivity index (χ2v) is 8.60. The molecule has 0 aliphatic heterocycles. The standard InChI is InChI=1S/C27H24N8O7/c1-2-42-26(37)22-23(16-3-5-18(6-4-16)25(28)36)32-27(33-24(22)17-7-9-19(10-8-17)34(38)39)30-14-13-29-21-12-11-20(15-31-21)35(40)41/h3-12,15H,2,13-14H2,1H3,(H2,28,36)(H,29,31)(H,30,32,33). The number of hydrogen-bond acceptors (Lipinski definition) is 12. The fourth-order valence-electron chi connectivity index (χ4n) is 3.85. The van der Waals surface area contributed by atoms with Gasteiger partial charge < -0.3 is 21.1 Å². The Balaban J connectivity index is 1.72. The first-order valence-corrected chi connectivity index (χ1v) is 12.5. The molecule has 0 bridgehead atoms. The third-order valence-electron chi connectivity index (χ3n) is 5.86. The number of nitrogens with zero attached hydrogens (tertiary/aromatic N) is 5. The molecule has 0 fully saturated rings. The van der Waals surface area contributed by atoms with Crippen LogP contribution in [-0.2, 0) is 4.74 Å². The number of nitro benzene ring substituents is 1. The molecule has 0 aliphatic carbocycles. The summed E-state index contributed by atoms with van der Waals surface area (Å²) in [6.07, 6.45) is 1.14. The van der Waals surface area contributed by atoms with E-state index in [1.165, 1.54) is 48.5 Å². The van der Waals surface area contributed by atoms with Crippen molar-refractivity contribution in [3.05, 3.63) is 98.2 Å². The van der Waals surface area contributed by atoms with Crippen LogP contribution in [0.5, 0.6) is 0 Å². The van der Waals surface area contributed by atoms with E-state index >= 15 is 0 Å². The lowest BCUT2D eigenvalue weighted by atomic mass is 9.99. The molecule has 0 aliphatic rings. The van der Waals surface area contributed by atoms with E-state index in [9.17, 15) is 29.8 Å². The van der Waals surface area contributed by atoms with Crippen molar-refractivity contribution in [3.8, 4) is 22.5 Å². The number of pyridine rings is 1. The number of amides is 1. The molecule has 15 nitrogen and oxygen atoms in total. The van der Waals surface area contributed by atoms with Gasteiger partial charge in [-0.2, -0.15) is 0 Å². The number of non-ortho nitro benzene ring substituents is 1. The van der Waals surface area contributed by atoms with Gasteiger partial charge in [-0.1, -0.05) is 12.1 Å². The largest absolute Gasteiger partial charge is 0.462 e. The number of esters is 1. The van der Waals surface area contributed by atoms with E-state index in [1.54, 1.807) is 19.1 Å². The van der Waals surface area contributed by atoms with Gasteiger partial charge in [0.05, 0.1) is 27.8 Å². The molecule has 1 amide bonds. The third-order valence-corrected chi connectivity index (χ3v) is 5.86. The molecule has 2 aromatic heterocycles. The minimum atomic E-state index is -0.711. The Morgan fingerprint density at radius 1 is 0.833 bits per heavy atom. The number of benzene rings is 2. The highest BCUT2D eigenvalue weighted by atomic mass is 16.6. The topological polar surface area (TPSA) is 218 Å². The summed E-state index contributed by atoms with van der Waals surface area (Å²) < 4.78 is 5.31. The van der Waals surface area contributed by atoms with E-state index in [0.717, 1.165) is 6.20 Å². The molecule has 0 spiro atoms. The molecule has 214 valence electrons. The zero-order valence-electron chi connectivity index (χ0n) is 22.1. The number of aromatic nitrogens is 3. The van der Waals surface area contributed by atoms with Gasteiger partial charge in [0.1, 0.15) is 17.6 Å². The molecule has 4 N–H and O–H groups in total. The molecule has 0 saturated carbocycles. The van der Waals surface area contributed by atoms with E-state index in [4.69, 9.17) is 10.5 Å². The molecule has 2 aromatic carbocycles. The predicted octanol–water partition coefficient (Wildman–Crippen LogP) is 3.82. The molecule has 4 aromatic rings. The quantitative estimate of drug-likeness (QED) is 0.0954. The lowest BCUT2D eigenvalue weighted by Gasteiger charge is -2.16. The number of nitrogens with one attached hydrogen (secondary N) is 2. The Morgan fingerprint density at radius 2 is 1.38 bits per heavy atom. The minimum absolute atomic E-state index is 0.0243. The summed E-state index contributed by atoms with van der Waals surface area (Å²) in [6, 6.07) is 14.5. The van der Waals surface area contributed by atoms with Gasteiger partial charge in [-0.05, 0) is 37.3 Å². The van der Waals surface area contributed by atoms with Gasteiger partial charge in [0.25, 0.3) is 11.4 Å². The number of carbonyl (C=O) groups is 2. The minimum Gasteiger partial charge on any atom is -0.462 e. The zero-order chi connectivity index (χ0) is 30.2. The van der Waals surface area contributed by atoms with Crippen molar-refractivity contribution >= 4 is 35.0 Å². The van der Waals surface area contributed by atoms with E-state index in [1.807, 2.05) is 0 Å². The maximum absolute atomic E-state index is 13.2. The molecule has 0 unspecified atom stereocenters. The Morgan fingerprint density at radius 3 is 1.88 bits per heavy atom. The Bertz CT molecular complexity index is 1550. The maximum Gasteiger partial charge on any atom is 0.342 e. The summed E-state index contributed by atoms with van der Waals surface area (Å²) in [5, 5.41) is 28.1. The molecule has 0 atom stereocenters. The SMILES string of the molecule is CCOC(=O)c1c(-c2ccc(C(N)=O)cc2)nc(NCCNc2ccc([N+](=O)[O-])cn2)nc1-c1ccc([N+](=O)[O-])cc1. The smallest absolute Gasteiger partial charge is 0.342 e. The maximum atomic E-state index is 13.2. The summed E-state index contributed by atoms with van der Waals surface area (Å²) in [7, 11) is 0.